The van der Waals surface area contributed by atoms with E-state index in [4.69, 9.17) is 14.2 Å². The molecule has 0 aromatic carbocycles. The zero-order chi connectivity index (χ0) is 14.9. The molecule has 7 nitrogen and oxygen atoms in total. The van der Waals surface area contributed by atoms with Crippen molar-refractivity contribution in [2.24, 2.45) is 17.8 Å². The van der Waals surface area contributed by atoms with E-state index in [9.17, 15) is 14.4 Å². The van der Waals surface area contributed by atoms with Crippen LogP contribution in [0.15, 0.2) is 0 Å². The molecule has 0 aromatic rings. The molecule has 3 fully saturated rings. The van der Waals surface area contributed by atoms with Gasteiger partial charge >= 0.3 is 18.0 Å². The molecule has 0 aromatic heterocycles. The van der Waals surface area contributed by atoms with E-state index in [2.05, 4.69) is 0 Å². The molecule has 1 saturated carbocycles. The molecule has 3 rings (SSSR count). The lowest BCUT2D eigenvalue weighted by atomic mass is 9.65. The molecule has 0 unspecified atom stereocenters. The Balaban J connectivity index is 2.32. The lowest BCUT2D eigenvalue weighted by Crippen LogP contribution is -2.63. The number of piperidine rings is 2. The minimum atomic E-state index is -0.681. The number of nitrogens with zero attached hydrogens (tertiary/aromatic N) is 1. The molecule has 2 aliphatic heterocycles. The van der Waals surface area contributed by atoms with Crippen LogP contribution in [-0.4, -0.2) is 56.8 Å². The standard InChI is InChI=1S/C13H19NO6/c1-18-11(15)9-7-4-5-8(10(9)12(16)19-2)14(6-7)13(17)20-3/h7-10H,4-6H2,1-3H3/t7-,8-,9+,10-/m0/s1. The first-order valence-corrected chi connectivity index (χ1v) is 6.55. The van der Waals surface area contributed by atoms with Crippen molar-refractivity contribution in [3.63, 3.8) is 0 Å². The molecular formula is C13H19NO6. The molecule has 20 heavy (non-hydrogen) atoms. The summed E-state index contributed by atoms with van der Waals surface area (Å²) in [5.74, 6) is -2.23. The summed E-state index contributed by atoms with van der Waals surface area (Å²) in [5.41, 5.74) is 0. The maximum absolute atomic E-state index is 12.0. The topological polar surface area (TPSA) is 82.1 Å². The Morgan fingerprint density at radius 2 is 1.50 bits per heavy atom. The highest BCUT2D eigenvalue weighted by Gasteiger charge is 2.56. The van der Waals surface area contributed by atoms with Crippen molar-refractivity contribution in [2.75, 3.05) is 27.9 Å². The number of carbonyl (C=O) groups is 3. The van der Waals surface area contributed by atoms with Crippen molar-refractivity contribution in [3.05, 3.63) is 0 Å². The van der Waals surface area contributed by atoms with E-state index in [-0.39, 0.29) is 12.0 Å². The fourth-order valence-corrected chi connectivity index (χ4v) is 3.46. The monoisotopic (exact) mass is 285 g/mol. The third-order valence-electron chi connectivity index (χ3n) is 4.33. The number of ether oxygens (including phenoxy) is 3. The summed E-state index contributed by atoms with van der Waals surface area (Å²) in [6.07, 6.45) is 0.968. The molecule has 0 radical (unpaired) electrons. The van der Waals surface area contributed by atoms with Crippen molar-refractivity contribution >= 4 is 18.0 Å². The number of carbonyl (C=O) groups excluding carboxylic acids is 3. The lowest BCUT2D eigenvalue weighted by molar-refractivity contribution is -0.172. The Bertz CT molecular complexity index is 423. The third kappa shape index (κ3) is 2.21. The molecule has 0 spiro atoms. The van der Waals surface area contributed by atoms with Crippen molar-refractivity contribution in [1.29, 1.82) is 0 Å². The first-order chi connectivity index (χ1) is 9.54. The summed E-state index contributed by atoms with van der Waals surface area (Å²) in [6, 6.07) is -0.371. The lowest BCUT2D eigenvalue weighted by Gasteiger charge is -2.51. The Morgan fingerprint density at radius 1 is 0.900 bits per heavy atom. The average molecular weight is 285 g/mol. The maximum atomic E-state index is 12.0. The van der Waals surface area contributed by atoms with Crippen LogP contribution in [0.2, 0.25) is 0 Å². The van der Waals surface area contributed by atoms with Crippen LogP contribution in [0.1, 0.15) is 12.8 Å². The van der Waals surface area contributed by atoms with Gasteiger partial charge in [0.25, 0.3) is 0 Å². The molecular weight excluding hydrogens is 266 g/mol. The second-order valence-corrected chi connectivity index (χ2v) is 5.13. The smallest absolute Gasteiger partial charge is 0.409 e. The molecule has 1 amide bonds. The average Bonchev–Trinajstić information content (AvgIpc) is 2.51. The van der Waals surface area contributed by atoms with Crippen molar-refractivity contribution in [2.45, 2.75) is 18.9 Å². The van der Waals surface area contributed by atoms with Gasteiger partial charge in [0, 0.05) is 12.6 Å². The second-order valence-electron chi connectivity index (χ2n) is 5.13. The molecule has 3 aliphatic rings. The van der Waals surface area contributed by atoms with Gasteiger partial charge in [-0.3, -0.25) is 9.59 Å². The van der Waals surface area contributed by atoms with Crippen LogP contribution in [0, 0.1) is 17.8 Å². The molecule has 7 heteroatoms. The molecule has 0 N–H and O–H groups in total. The van der Waals surface area contributed by atoms with Crippen molar-refractivity contribution in [1.82, 2.24) is 4.90 Å². The summed E-state index contributed by atoms with van der Waals surface area (Å²) in [5, 5.41) is 0. The van der Waals surface area contributed by atoms with Crippen LogP contribution >= 0.6 is 0 Å². The van der Waals surface area contributed by atoms with Gasteiger partial charge in [-0.2, -0.15) is 0 Å². The van der Waals surface area contributed by atoms with Gasteiger partial charge in [-0.15, -0.1) is 0 Å². The van der Waals surface area contributed by atoms with E-state index in [1.807, 2.05) is 0 Å². The number of methoxy groups -OCH3 is 3. The number of rotatable bonds is 2. The first-order valence-electron chi connectivity index (χ1n) is 6.55. The molecule has 2 saturated heterocycles. The number of esters is 2. The third-order valence-corrected chi connectivity index (χ3v) is 4.33. The number of amides is 1. The van der Waals surface area contributed by atoms with Crippen molar-refractivity contribution < 1.29 is 28.6 Å². The number of hydrogen-bond acceptors (Lipinski definition) is 6. The summed E-state index contributed by atoms with van der Waals surface area (Å²) < 4.78 is 14.4. The predicted molar refractivity (Wildman–Crippen MR) is 66.6 cm³/mol. The quantitative estimate of drug-likeness (QED) is 0.540. The fraction of sp³-hybridized carbons (Fsp3) is 0.769. The van der Waals surface area contributed by atoms with Gasteiger partial charge < -0.3 is 19.1 Å². The van der Waals surface area contributed by atoms with E-state index in [1.54, 1.807) is 0 Å². The molecule has 2 bridgehead atoms. The molecule has 1 aliphatic carbocycles. The number of hydrogen-bond donors (Lipinski definition) is 0. The Hall–Kier alpha value is -1.79. The van der Waals surface area contributed by atoms with Gasteiger partial charge in [-0.1, -0.05) is 0 Å². The van der Waals surface area contributed by atoms with Gasteiger partial charge in [0.2, 0.25) is 0 Å². The predicted octanol–water partition coefficient (Wildman–Crippen LogP) is 0.425. The minimum absolute atomic E-state index is 0.101. The van der Waals surface area contributed by atoms with Gasteiger partial charge in [-0.25, -0.2) is 4.79 Å². The van der Waals surface area contributed by atoms with E-state index in [1.165, 1.54) is 26.2 Å². The second kappa shape index (κ2) is 5.68. The van der Waals surface area contributed by atoms with Gasteiger partial charge in [0.05, 0.1) is 33.2 Å². The van der Waals surface area contributed by atoms with E-state index in [0.29, 0.717) is 13.0 Å². The van der Waals surface area contributed by atoms with Crippen LogP contribution in [0.5, 0.6) is 0 Å². The van der Waals surface area contributed by atoms with Crippen LogP contribution in [0.4, 0.5) is 4.79 Å². The Morgan fingerprint density at radius 3 is 2.05 bits per heavy atom. The van der Waals surface area contributed by atoms with E-state index < -0.39 is 29.9 Å². The van der Waals surface area contributed by atoms with Crippen LogP contribution < -0.4 is 0 Å². The molecule has 112 valence electrons. The zero-order valence-electron chi connectivity index (χ0n) is 11.8. The first kappa shape index (κ1) is 14.6. The highest BCUT2D eigenvalue weighted by molar-refractivity contribution is 5.84. The van der Waals surface area contributed by atoms with Crippen LogP contribution in [0.3, 0.4) is 0 Å². The molecule has 4 atom stereocenters. The molecule has 2 heterocycles. The van der Waals surface area contributed by atoms with Gasteiger partial charge in [-0.05, 0) is 18.8 Å². The zero-order valence-corrected chi connectivity index (χ0v) is 11.8. The fourth-order valence-electron chi connectivity index (χ4n) is 3.46. The van der Waals surface area contributed by atoms with E-state index in [0.717, 1.165) is 6.42 Å². The Labute approximate surface area is 117 Å². The van der Waals surface area contributed by atoms with Crippen LogP contribution in [-0.2, 0) is 23.8 Å². The number of fused-ring (bicyclic) bond motifs is 3. The summed E-state index contributed by atoms with van der Waals surface area (Å²) >= 11 is 0. The maximum Gasteiger partial charge on any atom is 0.409 e. The van der Waals surface area contributed by atoms with Crippen molar-refractivity contribution in [3.8, 4) is 0 Å². The highest BCUT2D eigenvalue weighted by atomic mass is 16.5. The minimum Gasteiger partial charge on any atom is -0.469 e. The van der Waals surface area contributed by atoms with Crippen LogP contribution in [0.25, 0.3) is 0 Å². The highest BCUT2D eigenvalue weighted by Crippen LogP contribution is 2.44. The SMILES string of the molecule is COC(=O)[C@@H]1[C@H]2CC[C@@H]([C@@H]1C(=O)OC)N(C(=O)OC)C2. The Kier molecular flexibility index (Phi) is 4.15. The summed E-state index contributed by atoms with van der Waals surface area (Å²) in [7, 11) is 3.88. The van der Waals surface area contributed by atoms with E-state index >= 15 is 0 Å². The summed E-state index contributed by atoms with van der Waals surface area (Å²) in [4.78, 5) is 37.3. The summed E-state index contributed by atoms with van der Waals surface area (Å²) in [6.45, 7) is 0.407. The normalized spacial score (nSPS) is 31.6. The largest absolute Gasteiger partial charge is 0.469 e. The van der Waals surface area contributed by atoms with Gasteiger partial charge in [0.1, 0.15) is 0 Å². The van der Waals surface area contributed by atoms with Gasteiger partial charge in [0.15, 0.2) is 0 Å².